The molecule has 0 aliphatic heterocycles. The Morgan fingerprint density at radius 2 is 1.65 bits per heavy atom. The molecule has 0 aromatic heterocycles. The molecule has 2 rings (SSSR count). The van der Waals surface area contributed by atoms with Gasteiger partial charge in [-0.15, -0.1) is 0 Å². The van der Waals surface area contributed by atoms with Gasteiger partial charge in [0.2, 0.25) is 0 Å². The van der Waals surface area contributed by atoms with Crippen molar-refractivity contribution < 1.29 is 14.3 Å². The molecule has 102 valence electrons. The van der Waals surface area contributed by atoms with Gasteiger partial charge in [-0.25, -0.2) is 4.79 Å². The quantitative estimate of drug-likeness (QED) is 0.874. The number of carbonyl (C=O) groups is 2. The molecule has 0 radical (unpaired) electrons. The van der Waals surface area contributed by atoms with Crippen molar-refractivity contribution in [3.63, 3.8) is 0 Å². The van der Waals surface area contributed by atoms with E-state index in [1.165, 1.54) is 0 Å². The van der Waals surface area contributed by atoms with Crippen LogP contribution < -0.4 is 5.32 Å². The minimum atomic E-state index is -0.541. The third kappa shape index (κ3) is 3.93. The van der Waals surface area contributed by atoms with Crippen molar-refractivity contribution in [1.82, 2.24) is 0 Å². The number of rotatable bonds is 4. The first-order chi connectivity index (χ1) is 9.66. The number of amides is 1. The Morgan fingerprint density at radius 3 is 2.35 bits per heavy atom. The van der Waals surface area contributed by atoms with Gasteiger partial charge < -0.3 is 10.1 Å². The van der Waals surface area contributed by atoms with Gasteiger partial charge in [-0.05, 0) is 40.2 Å². The molecule has 2 aromatic rings. The second-order valence-corrected chi connectivity index (χ2v) is 4.82. The molecule has 0 aliphatic rings. The van der Waals surface area contributed by atoms with Crippen LogP contribution in [-0.4, -0.2) is 18.5 Å². The van der Waals surface area contributed by atoms with Crippen LogP contribution in [0.25, 0.3) is 0 Å². The Hall–Kier alpha value is -2.14. The van der Waals surface area contributed by atoms with Crippen molar-refractivity contribution in [3.8, 4) is 0 Å². The number of ether oxygens (including phenoxy) is 1. The Bertz CT molecular complexity index is 614. The molecule has 0 bridgehead atoms. The average Bonchev–Trinajstić information content (AvgIpc) is 2.46. The number of hydrogen-bond acceptors (Lipinski definition) is 3. The third-order valence-electron chi connectivity index (χ3n) is 2.49. The van der Waals surface area contributed by atoms with E-state index < -0.39 is 5.97 Å². The topological polar surface area (TPSA) is 55.4 Å². The molecule has 4 nitrogen and oxygen atoms in total. The van der Waals surface area contributed by atoms with Gasteiger partial charge >= 0.3 is 5.97 Å². The highest BCUT2D eigenvalue weighted by Gasteiger charge is 2.12. The smallest absolute Gasteiger partial charge is 0.339 e. The van der Waals surface area contributed by atoms with Crippen LogP contribution in [0.1, 0.15) is 10.4 Å². The molecule has 0 aliphatic carbocycles. The molecule has 0 saturated heterocycles. The van der Waals surface area contributed by atoms with Crippen LogP contribution in [0.4, 0.5) is 5.69 Å². The first-order valence-electron chi connectivity index (χ1n) is 5.93. The highest BCUT2D eigenvalue weighted by atomic mass is 79.9. The maximum absolute atomic E-state index is 11.8. The van der Waals surface area contributed by atoms with Crippen LogP contribution in [0.3, 0.4) is 0 Å². The largest absolute Gasteiger partial charge is 0.452 e. The van der Waals surface area contributed by atoms with E-state index in [4.69, 9.17) is 4.74 Å². The van der Waals surface area contributed by atoms with Crippen LogP contribution >= 0.6 is 15.9 Å². The van der Waals surface area contributed by atoms with Crippen molar-refractivity contribution in [2.75, 3.05) is 11.9 Å². The van der Waals surface area contributed by atoms with E-state index in [0.717, 1.165) is 0 Å². The molecule has 20 heavy (non-hydrogen) atoms. The van der Waals surface area contributed by atoms with Gasteiger partial charge in [-0.3, -0.25) is 4.79 Å². The number of anilines is 1. The van der Waals surface area contributed by atoms with Crippen LogP contribution in [0.15, 0.2) is 59.1 Å². The molecule has 0 unspecified atom stereocenters. The van der Waals surface area contributed by atoms with E-state index in [9.17, 15) is 9.59 Å². The summed E-state index contributed by atoms with van der Waals surface area (Å²) in [6.07, 6.45) is 0. The highest BCUT2D eigenvalue weighted by molar-refractivity contribution is 9.10. The SMILES string of the molecule is O=C(COC(=O)c1ccccc1Br)Nc1ccccc1. The third-order valence-corrected chi connectivity index (χ3v) is 3.18. The van der Waals surface area contributed by atoms with Crippen molar-refractivity contribution in [2.24, 2.45) is 0 Å². The van der Waals surface area contributed by atoms with E-state index in [2.05, 4.69) is 21.2 Å². The lowest BCUT2D eigenvalue weighted by molar-refractivity contribution is -0.119. The lowest BCUT2D eigenvalue weighted by Gasteiger charge is -2.07. The zero-order valence-corrected chi connectivity index (χ0v) is 12.1. The maximum Gasteiger partial charge on any atom is 0.339 e. The minimum Gasteiger partial charge on any atom is -0.452 e. The summed E-state index contributed by atoms with van der Waals surface area (Å²) in [7, 11) is 0. The van der Waals surface area contributed by atoms with Crippen molar-refractivity contribution in [2.45, 2.75) is 0 Å². The van der Waals surface area contributed by atoms with Gasteiger partial charge in [0.05, 0.1) is 5.56 Å². The summed E-state index contributed by atoms with van der Waals surface area (Å²) < 4.78 is 5.59. The van der Waals surface area contributed by atoms with Gasteiger partial charge in [0.25, 0.3) is 5.91 Å². The van der Waals surface area contributed by atoms with Crippen LogP contribution in [0, 0.1) is 0 Å². The van der Waals surface area contributed by atoms with Gasteiger partial charge in [0.1, 0.15) is 0 Å². The van der Waals surface area contributed by atoms with Gasteiger partial charge in [-0.1, -0.05) is 30.3 Å². The number of para-hydroxylation sites is 1. The molecule has 2 aromatic carbocycles. The molecule has 0 fully saturated rings. The monoisotopic (exact) mass is 333 g/mol. The van der Waals surface area contributed by atoms with E-state index >= 15 is 0 Å². The Balaban J connectivity index is 1.88. The van der Waals surface area contributed by atoms with Gasteiger partial charge in [0, 0.05) is 10.2 Å². The summed E-state index contributed by atoms with van der Waals surface area (Å²) >= 11 is 3.26. The molecular weight excluding hydrogens is 322 g/mol. The first kappa shape index (κ1) is 14.3. The second kappa shape index (κ2) is 6.86. The van der Waals surface area contributed by atoms with Crippen molar-refractivity contribution in [3.05, 3.63) is 64.6 Å². The van der Waals surface area contributed by atoms with Crippen LogP contribution in [0.2, 0.25) is 0 Å². The van der Waals surface area contributed by atoms with Gasteiger partial charge in [-0.2, -0.15) is 0 Å². The Morgan fingerprint density at radius 1 is 1.00 bits per heavy atom. The summed E-state index contributed by atoms with van der Waals surface area (Å²) in [5.41, 5.74) is 1.05. The van der Waals surface area contributed by atoms with E-state index in [0.29, 0.717) is 15.7 Å². The number of esters is 1. The zero-order valence-electron chi connectivity index (χ0n) is 10.5. The second-order valence-electron chi connectivity index (χ2n) is 3.97. The molecule has 0 atom stereocenters. The predicted molar refractivity (Wildman–Crippen MR) is 79.5 cm³/mol. The van der Waals surface area contributed by atoms with E-state index in [1.807, 2.05) is 18.2 Å². The van der Waals surface area contributed by atoms with E-state index in [-0.39, 0.29) is 12.5 Å². The fraction of sp³-hybridized carbons (Fsp3) is 0.0667. The zero-order chi connectivity index (χ0) is 14.4. The summed E-state index contributed by atoms with van der Waals surface area (Å²) in [5, 5.41) is 2.64. The van der Waals surface area contributed by atoms with Crippen molar-refractivity contribution >= 4 is 33.5 Å². The predicted octanol–water partition coefficient (Wildman–Crippen LogP) is 3.24. The molecule has 0 heterocycles. The average molecular weight is 334 g/mol. The number of halogens is 1. The van der Waals surface area contributed by atoms with Gasteiger partial charge in [0.15, 0.2) is 6.61 Å². The molecule has 0 spiro atoms. The lowest BCUT2D eigenvalue weighted by atomic mass is 10.2. The Labute approximate surface area is 124 Å². The summed E-state index contributed by atoms with van der Waals surface area (Å²) in [4.78, 5) is 23.4. The number of benzene rings is 2. The van der Waals surface area contributed by atoms with Crippen molar-refractivity contribution in [1.29, 1.82) is 0 Å². The summed E-state index contributed by atoms with van der Waals surface area (Å²) in [6, 6.07) is 15.9. The molecule has 0 saturated carbocycles. The molecule has 5 heteroatoms. The number of hydrogen-bond donors (Lipinski definition) is 1. The first-order valence-corrected chi connectivity index (χ1v) is 6.72. The fourth-order valence-corrected chi connectivity index (χ4v) is 2.00. The fourth-order valence-electron chi connectivity index (χ4n) is 1.55. The minimum absolute atomic E-state index is 0.324. The van der Waals surface area contributed by atoms with Crippen LogP contribution in [0.5, 0.6) is 0 Å². The normalized spacial score (nSPS) is 9.85. The standard InChI is InChI=1S/C15H12BrNO3/c16-13-9-5-4-8-12(13)15(19)20-10-14(18)17-11-6-2-1-3-7-11/h1-9H,10H2,(H,17,18). The summed E-state index contributed by atoms with van der Waals surface area (Å²) in [5.74, 6) is -0.919. The Kier molecular flexibility index (Phi) is 4.90. The van der Waals surface area contributed by atoms with E-state index in [1.54, 1.807) is 36.4 Å². The highest BCUT2D eigenvalue weighted by Crippen LogP contribution is 2.16. The number of nitrogens with one attached hydrogen (secondary N) is 1. The number of carbonyl (C=O) groups excluding carboxylic acids is 2. The lowest BCUT2D eigenvalue weighted by Crippen LogP contribution is -2.21. The maximum atomic E-state index is 11.8. The van der Waals surface area contributed by atoms with Crippen LogP contribution in [-0.2, 0) is 9.53 Å². The molecule has 1 N–H and O–H groups in total. The summed E-state index contributed by atoms with van der Waals surface area (Å²) in [6.45, 7) is -0.324. The molecular formula is C15H12BrNO3. The molecule has 1 amide bonds.